The molecule has 0 saturated carbocycles. The van der Waals surface area contributed by atoms with Gasteiger partial charge >= 0.3 is 0 Å². The minimum absolute atomic E-state index is 0.0942. The maximum absolute atomic E-state index is 12.4. The van der Waals surface area contributed by atoms with E-state index in [-0.39, 0.29) is 11.8 Å². The molecule has 8 nitrogen and oxygen atoms in total. The molecular weight excluding hydrogens is 380 g/mol. The highest BCUT2D eigenvalue weighted by molar-refractivity contribution is 5.87. The van der Waals surface area contributed by atoms with Gasteiger partial charge in [0.1, 0.15) is 0 Å². The van der Waals surface area contributed by atoms with Crippen molar-refractivity contribution in [1.29, 1.82) is 0 Å². The number of pyridine rings is 1. The maximum atomic E-state index is 12.4. The lowest BCUT2D eigenvalue weighted by Gasteiger charge is -2.40. The van der Waals surface area contributed by atoms with Crippen molar-refractivity contribution in [2.75, 3.05) is 46.8 Å². The van der Waals surface area contributed by atoms with Crippen molar-refractivity contribution in [1.82, 2.24) is 29.5 Å². The molecule has 4 rings (SSSR count). The van der Waals surface area contributed by atoms with E-state index < -0.39 is 0 Å². The lowest BCUT2D eigenvalue weighted by Crippen LogP contribution is -2.52. The summed E-state index contributed by atoms with van der Waals surface area (Å²) in [6.07, 6.45) is 7.95. The Morgan fingerprint density at radius 3 is 2.77 bits per heavy atom. The Hall–Kier alpha value is -2.71. The van der Waals surface area contributed by atoms with Crippen LogP contribution in [0.4, 0.5) is 0 Å². The van der Waals surface area contributed by atoms with Gasteiger partial charge in [-0.3, -0.25) is 9.69 Å². The molecule has 0 radical (unpaired) electrons. The Bertz CT molecular complexity index is 900. The Kier molecular flexibility index (Phi) is 6.15. The summed E-state index contributed by atoms with van der Waals surface area (Å²) in [5.74, 6) is 0.931. The third kappa shape index (κ3) is 4.39. The number of aryl methyl sites for hydroxylation is 1. The molecule has 1 fully saturated rings. The fourth-order valence-corrected chi connectivity index (χ4v) is 4.26. The quantitative estimate of drug-likeness (QED) is 0.744. The van der Waals surface area contributed by atoms with E-state index in [1.165, 1.54) is 0 Å². The first-order valence-corrected chi connectivity index (χ1v) is 10.6. The van der Waals surface area contributed by atoms with Gasteiger partial charge in [0.2, 0.25) is 11.8 Å². The van der Waals surface area contributed by atoms with Gasteiger partial charge in [0, 0.05) is 56.6 Å². The second-order valence-corrected chi connectivity index (χ2v) is 8.27. The summed E-state index contributed by atoms with van der Waals surface area (Å²) in [7, 11) is 3.97. The lowest BCUT2D eigenvalue weighted by molar-refractivity contribution is -0.128. The summed E-state index contributed by atoms with van der Waals surface area (Å²) in [4.78, 5) is 23.1. The molecule has 8 heteroatoms. The lowest BCUT2D eigenvalue weighted by atomic mass is 9.91. The monoisotopic (exact) mass is 410 g/mol. The van der Waals surface area contributed by atoms with Gasteiger partial charge in [-0.25, -0.2) is 4.98 Å². The first-order valence-electron chi connectivity index (χ1n) is 10.6. The number of amides is 1. The van der Waals surface area contributed by atoms with E-state index in [1.807, 2.05) is 48.2 Å². The molecule has 160 valence electrons. The van der Waals surface area contributed by atoms with Crippen molar-refractivity contribution in [3.63, 3.8) is 0 Å². The Morgan fingerprint density at radius 2 is 2.07 bits per heavy atom. The predicted molar refractivity (Wildman–Crippen MR) is 115 cm³/mol. The molecule has 1 atom stereocenters. The van der Waals surface area contributed by atoms with E-state index in [2.05, 4.69) is 15.0 Å². The fraction of sp³-hybridized carbons (Fsp3) is 0.500. The smallest absolute Gasteiger partial charge is 0.246 e. The van der Waals surface area contributed by atoms with Crippen LogP contribution in [0.3, 0.4) is 0 Å². The number of carbonyl (C=O) groups excluding carboxylic acids is 1. The molecule has 1 aliphatic heterocycles. The molecule has 0 spiro atoms. The summed E-state index contributed by atoms with van der Waals surface area (Å²) in [6, 6.07) is 5.95. The van der Waals surface area contributed by atoms with Gasteiger partial charge in [-0.2, -0.15) is 9.78 Å². The summed E-state index contributed by atoms with van der Waals surface area (Å²) < 4.78 is 1.55. The van der Waals surface area contributed by atoms with Crippen LogP contribution in [0, 0.1) is 0 Å². The van der Waals surface area contributed by atoms with Crippen molar-refractivity contribution in [2.24, 2.45) is 0 Å². The summed E-state index contributed by atoms with van der Waals surface area (Å²) >= 11 is 0. The normalized spacial score (nSPS) is 20.1. The second-order valence-electron chi connectivity index (χ2n) is 8.27. The molecule has 1 amide bonds. The summed E-state index contributed by atoms with van der Waals surface area (Å²) in [5.41, 5.74) is 1.90. The van der Waals surface area contributed by atoms with Gasteiger partial charge in [-0.15, -0.1) is 0 Å². The van der Waals surface area contributed by atoms with Crippen LogP contribution in [-0.4, -0.2) is 93.3 Å². The average molecular weight is 411 g/mol. The van der Waals surface area contributed by atoms with Gasteiger partial charge in [-0.05, 0) is 45.5 Å². The SMILES string of the molecule is CN(C)C/C=C/C(=O)N1CCN(C2CCc3nn(-c4ccccn4)c(O)c3C2)CC1. The molecule has 0 aromatic carbocycles. The van der Waals surface area contributed by atoms with Gasteiger partial charge in [0.05, 0.1) is 5.69 Å². The van der Waals surface area contributed by atoms with E-state index in [0.29, 0.717) is 11.9 Å². The average Bonchev–Trinajstić information content (AvgIpc) is 3.10. The molecule has 1 N–H and O–H groups in total. The highest BCUT2D eigenvalue weighted by Gasteiger charge is 2.32. The van der Waals surface area contributed by atoms with Crippen LogP contribution < -0.4 is 0 Å². The zero-order valence-corrected chi connectivity index (χ0v) is 17.7. The van der Waals surface area contributed by atoms with Crippen LogP contribution in [0.2, 0.25) is 0 Å². The molecule has 1 unspecified atom stereocenters. The van der Waals surface area contributed by atoms with Crippen LogP contribution in [0.25, 0.3) is 5.82 Å². The molecule has 1 aliphatic carbocycles. The third-order valence-corrected chi connectivity index (χ3v) is 5.93. The predicted octanol–water partition coefficient (Wildman–Crippen LogP) is 1.09. The van der Waals surface area contributed by atoms with Gasteiger partial charge in [0.25, 0.3) is 0 Å². The van der Waals surface area contributed by atoms with Crippen molar-refractivity contribution < 1.29 is 9.90 Å². The topological polar surface area (TPSA) is 77.7 Å². The molecule has 1 saturated heterocycles. The Labute approximate surface area is 177 Å². The van der Waals surface area contributed by atoms with Gasteiger partial charge in [0.15, 0.2) is 5.82 Å². The highest BCUT2D eigenvalue weighted by Crippen LogP contribution is 2.32. The van der Waals surface area contributed by atoms with E-state index in [1.54, 1.807) is 17.0 Å². The molecule has 0 bridgehead atoms. The Morgan fingerprint density at radius 1 is 1.27 bits per heavy atom. The number of piperazine rings is 1. The second kappa shape index (κ2) is 8.97. The largest absolute Gasteiger partial charge is 0.493 e. The third-order valence-electron chi connectivity index (χ3n) is 5.93. The minimum atomic E-state index is 0.0942. The van der Waals surface area contributed by atoms with Gasteiger partial charge < -0.3 is 14.9 Å². The molecule has 2 aromatic heterocycles. The van der Waals surface area contributed by atoms with E-state index >= 15 is 0 Å². The van der Waals surface area contributed by atoms with Crippen LogP contribution in [0.1, 0.15) is 17.7 Å². The first-order chi connectivity index (χ1) is 14.5. The van der Waals surface area contributed by atoms with Crippen LogP contribution in [0.15, 0.2) is 36.5 Å². The molecule has 2 aromatic rings. The maximum Gasteiger partial charge on any atom is 0.246 e. The van der Waals surface area contributed by atoms with Crippen molar-refractivity contribution >= 4 is 5.91 Å². The number of carbonyl (C=O) groups is 1. The Balaban J connectivity index is 1.36. The fourth-order valence-electron chi connectivity index (χ4n) is 4.26. The van der Waals surface area contributed by atoms with Crippen molar-refractivity contribution in [3.8, 4) is 11.7 Å². The highest BCUT2D eigenvalue weighted by atomic mass is 16.3. The summed E-state index contributed by atoms with van der Waals surface area (Å²) in [5, 5.41) is 15.4. The van der Waals surface area contributed by atoms with Crippen molar-refractivity contribution in [2.45, 2.75) is 25.3 Å². The zero-order valence-electron chi connectivity index (χ0n) is 17.7. The number of aromatic hydroxyl groups is 1. The van der Waals surface area contributed by atoms with Crippen LogP contribution >= 0.6 is 0 Å². The van der Waals surface area contributed by atoms with Crippen LogP contribution in [0.5, 0.6) is 5.88 Å². The number of nitrogens with zero attached hydrogens (tertiary/aromatic N) is 6. The van der Waals surface area contributed by atoms with Crippen LogP contribution in [-0.2, 0) is 17.6 Å². The number of rotatable bonds is 5. The number of likely N-dealkylation sites (N-methyl/N-ethyl adjacent to an activating group) is 1. The molecule has 30 heavy (non-hydrogen) atoms. The minimum Gasteiger partial charge on any atom is -0.493 e. The number of aromatic nitrogens is 3. The standard InChI is InChI=1S/C22H30N6O2/c1-25(2)11-5-7-21(29)27-14-12-26(13-15-27)17-8-9-19-18(16-17)22(30)28(24-19)20-6-3-4-10-23-20/h3-7,10,17,30H,8-9,11-16H2,1-2H3/b7-5+. The molecule has 2 aliphatic rings. The molecule has 3 heterocycles. The number of hydrogen-bond donors (Lipinski definition) is 1. The summed E-state index contributed by atoms with van der Waals surface area (Å²) in [6.45, 7) is 3.98. The number of fused-ring (bicyclic) bond motifs is 1. The zero-order chi connectivity index (χ0) is 21.1. The van der Waals surface area contributed by atoms with E-state index in [9.17, 15) is 9.90 Å². The van der Waals surface area contributed by atoms with Crippen molar-refractivity contribution in [3.05, 3.63) is 47.8 Å². The number of hydrogen-bond acceptors (Lipinski definition) is 6. The van der Waals surface area contributed by atoms with Gasteiger partial charge in [-0.1, -0.05) is 12.1 Å². The molecular formula is C22H30N6O2. The van der Waals surface area contributed by atoms with E-state index in [0.717, 1.165) is 63.2 Å². The van der Waals surface area contributed by atoms with E-state index in [4.69, 9.17) is 0 Å². The first kappa shape index (κ1) is 20.6.